The number of aromatic nitrogens is 2. The molecule has 0 aliphatic carbocycles. The molecule has 0 aromatic carbocycles. The molecule has 0 unspecified atom stereocenters. The van der Waals surface area contributed by atoms with E-state index in [9.17, 15) is 13.2 Å². The average molecular weight is 342 g/mol. The van der Waals surface area contributed by atoms with Gasteiger partial charge in [-0.15, -0.1) is 11.3 Å². The zero-order valence-electron chi connectivity index (χ0n) is 12.6. The van der Waals surface area contributed by atoms with Crippen molar-refractivity contribution in [2.45, 2.75) is 24.2 Å². The van der Waals surface area contributed by atoms with Crippen LogP contribution in [0.4, 0.5) is 0 Å². The van der Waals surface area contributed by atoms with E-state index < -0.39 is 10.0 Å². The van der Waals surface area contributed by atoms with Gasteiger partial charge in [0.05, 0.1) is 6.54 Å². The second-order valence-corrected chi connectivity index (χ2v) is 8.29. The van der Waals surface area contributed by atoms with Gasteiger partial charge in [0.2, 0.25) is 0 Å². The number of amides is 1. The third-order valence-corrected chi connectivity index (χ3v) is 6.36. The average Bonchev–Trinajstić information content (AvgIpc) is 3.13. The van der Waals surface area contributed by atoms with E-state index in [-0.39, 0.29) is 16.7 Å². The van der Waals surface area contributed by atoms with Gasteiger partial charge in [-0.3, -0.25) is 9.48 Å². The summed E-state index contributed by atoms with van der Waals surface area (Å²) >= 11 is 1.15. The molecule has 0 bridgehead atoms. The number of carbonyl (C=O) groups excluding carboxylic acids is 1. The first-order chi connectivity index (χ1) is 10.3. The van der Waals surface area contributed by atoms with Gasteiger partial charge in [0.1, 0.15) is 9.90 Å². The fourth-order valence-electron chi connectivity index (χ4n) is 1.69. The Morgan fingerprint density at radius 1 is 1.36 bits per heavy atom. The lowest BCUT2D eigenvalue weighted by Crippen LogP contribution is -2.23. The van der Waals surface area contributed by atoms with E-state index in [1.807, 2.05) is 6.92 Å². The van der Waals surface area contributed by atoms with E-state index in [1.165, 1.54) is 18.4 Å². The summed E-state index contributed by atoms with van der Waals surface area (Å²) < 4.78 is 27.0. The fraction of sp³-hybridized carbons (Fsp3) is 0.385. The Hall–Kier alpha value is -1.71. The lowest BCUT2D eigenvalue weighted by molar-refractivity contribution is 0.0945. The van der Waals surface area contributed by atoms with Gasteiger partial charge in [-0.2, -0.15) is 5.10 Å². The van der Waals surface area contributed by atoms with E-state index in [0.29, 0.717) is 12.2 Å². The van der Waals surface area contributed by atoms with Crippen molar-refractivity contribution in [1.82, 2.24) is 19.4 Å². The van der Waals surface area contributed by atoms with Gasteiger partial charge < -0.3 is 5.32 Å². The molecule has 0 spiro atoms. The van der Waals surface area contributed by atoms with Crippen molar-refractivity contribution < 1.29 is 13.2 Å². The van der Waals surface area contributed by atoms with Gasteiger partial charge in [0, 0.05) is 31.7 Å². The van der Waals surface area contributed by atoms with Gasteiger partial charge in [0.25, 0.3) is 15.9 Å². The number of carbonyl (C=O) groups is 1. The highest BCUT2D eigenvalue weighted by Crippen LogP contribution is 2.23. The molecule has 1 N–H and O–H groups in total. The number of sulfonamides is 1. The molecule has 7 nitrogen and oxygen atoms in total. The van der Waals surface area contributed by atoms with E-state index in [2.05, 4.69) is 10.4 Å². The van der Waals surface area contributed by atoms with Crippen LogP contribution in [0.25, 0.3) is 0 Å². The highest BCUT2D eigenvalue weighted by Gasteiger charge is 2.19. The molecule has 2 aromatic heterocycles. The minimum atomic E-state index is -3.42. The lowest BCUT2D eigenvalue weighted by atomic mass is 10.4. The van der Waals surface area contributed by atoms with Gasteiger partial charge in [-0.1, -0.05) is 0 Å². The summed E-state index contributed by atoms with van der Waals surface area (Å²) in [5.41, 5.74) is 0.347. The first-order valence-corrected chi connectivity index (χ1v) is 8.93. The molecule has 22 heavy (non-hydrogen) atoms. The highest BCUT2D eigenvalue weighted by atomic mass is 32.2. The number of nitrogens with zero attached hydrogens (tertiary/aromatic N) is 3. The Labute approximate surface area is 133 Å². The molecule has 0 saturated carbocycles. The summed E-state index contributed by atoms with van der Waals surface area (Å²) in [5, 5.41) is 6.85. The van der Waals surface area contributed by atoms with Crippen molar-refractivity contribution in [2.75, 3.05) is 14.1 Å². The molecule has 0 aliphatic heterocycles. The monoisotopic (exact) mass is 342 g/mol. The molecule has 2 heterocycles. The van der Waals surface area contributed by atoms with Crippen molar-refractivity contribution in [3.8, 4) is 0 Å². The minimum Gasteiger partial charge on any atom is -0.346 e. The molecule has 0 radical (unpaired) electrons. The third-order valence-electron chi connectivity index (χ3n) is 2.99. The van der Waals surface area contributed by atoms with Crippen molar-refractivity contribution in [1.29, 1.82) is 0 Å². The molecule has 0 fully saturated rings. The molecular formula is C13H18N4O3S2. The predicted molar refractivity (Wildman–Crippen MR) is 84.3 cm³/mol. The van der Waals surface area contributed by atoms with Crippen molar-refractivity contribution in [2.24, 2.45) is 0 Å². The summed E-state index contributed by atoms with van der Waals surface area (Å²) in [4.78, 5) is 12.7. The van der Waals surface area contributed by atoms with Crippen LogP contribution in [0.3, 0.4) is 0 Å². The summed E-state index contributed by atoms with van der Waals surface area (Å²) in [6, 6.07) is 4.90. The molecule has 2 aromatic rings. The van der Waals surface area contributed by atoms with Gasteiger partial charge >= 0.3 is 0 Å². The normalized spacial score (nSPS) is 11.8. The zero-order chi connectivity index (χ0) is 16.3. The standard InChI is InChI=1S/C13H18N4O3S2/c1-4-17-8-7-11(15-17)13(18)14-9-10-5-6-12(21-10)22(19,20)16(2)3/h5-8H,4,9H2,1-3H3,(H,14,18). The number of aryl methyl sites for hydroxylation is 1. The van der Waals surface area contributed by atoms with Crippen molar-refractivity contribution in [3.05, 3.63) is 35.0 Å². The lowest BCUT2D eigenvalue weighted by Gasteiger charge is -2.08. The number of hydrogen-bond acceptors (Lipinski definition) is 5. The summed E-state index contributed by atoms with van der Waals surface area (Å²) in [7, 11) is -0.450. The Bertz CT molecular complexity index is 762. The topological polar surface area (TPSA) is 84.3 Å². The molecule has 1 amide bonds. The predicted octanol–water partition coefficient (Wildman–Crippen LogP) is 1.14. The second-order valence-electron chi connectivity index (χ2n) is 4.75. The van der Waals surface area contributed by atoms with E-state index in [4.69, 9.17) is 0 Å². The quantitative estimate of drug-likeness (QED) is 0.853. The second kappa shape index (κ2) is 6.59. The summed E-state index contributed by atoms with van der Waals surface area (Å²) in [5.74, 6) is -0.280. The molecule has 120 valence electrons. The Morgan fingerprint density at radius 3 is 2.68 bits per heavy atom. The van der Waals surface area contributed by atoms with Gasteiger partial charge in [-0.05, 0) is 25.1 Å². The van der Waals surface area contributed by atoms with Gasteiger partial charge in [-0.25, -0.2) is 12.7 Å². The fourth-order valence-corrected chi connectivity index (χ4v) is 4.15. The van der Waals surface area contributed by atoms with E-state index in [0.717, 1.165) is 16.2 Å². The summed E-state index contributed by atoms with van der Waals surface area (Å²) in [6.45, 7) is 2.91. The first kappa shape index (κ1) is 16.7. The Kier molecular flexibility index (Phi) is 4.99. The maximum absolute atomic E-state index is 12.0. The zero-order valence-corrected chi connectivity index (χ0v) is 14.2. The van der Waals surface area contributed by atoms with Crippen LogP contribution in [-0.2, 0) is 23.1 Å². The van der Waals surface area contributed by atoms with Crippen molar-refractivity contribution in [3.63, 3.8) is 0 Å². The summed E-state index contributed by atoms with van der Waals surface area (Å²) in [6.07, 6.45) is 1.74. The van der Waals surface area contributed by atoms with E-state index >= 15 is 0 Å². The molecule has 2 rings (SSSR count). The van der Waals surface area contributed by atoms with Gasteiger partial charge in [0.15, 0.2) is 0 Å². The Morgan fingerprint density at radius 2 is 2.09 bits per heavy atom. The van der Waals surface area contributed by atoms with Crippen molar-refractivity contribution >= 4 is 27.3 Å². The third kappa shape index (κ3) is 3.54. The largest absolute Gasteiger partial charge is 0.346 e. The number of thiophene rings is 1. The Balaban J connectivity index is 2.01. The van der Waals surface area contributed by atoms with Crippen LogP contribution in [-0.4, -0.2) is 42.5 Å². The number of nitrogens with one attached hydrogen (secondary N) is 1. The molecule has 0 saturated heterocycles. The smallest absolute Gasteiger partial charge is 0.272 e. The first-order valence-electron chi connectivity index (χ1n) is 6.67. The van der Waals surface area contributed by atoms with Crippen LogP contribution < -0.4 is 5.32 Å². The van der Waals surface area contributed by atoms with Crippen LogP contribution in [0.2, 0.25) is 0 Å². The van der Waals surface area contributed by atoms with Crippen LogP contribution >= 0.6 is 11.3 Å². The van der Waals surface area contributed by atoms with Crippen LogP contribution in [0.15, 0.2) is 28.6 Å². The highest BCUT2D eigenvalue weighted by molar-refractivity contribution is 7.91. The maximum Gasteiger partial charge on any atom is 0.272 e. The molecule has 0 atom stereocenters. The van der Waals surface area contributed by atoms with E-state index in [1.54, 1.807) is 29.1 Å². The molecule has 9 heteroatoms. The maximum atomic E-state index is 12.0. The van der Waals surface area contributed by atoms with Crippen LogP contribution in [0, 0.1) is 0 Å². The molecular weight excluding hydrogens is 324 g/mol. The number of hydrogen-bond donors (Lipinski definition) is 1. The minimum absolute atomic E-state index is 0.261. The SMILES string of the molecule is CCn1ccc(C(=O)NCc2ccc(S(=O)(=O)N(C)C)s2)n1. The van der Waals surface area contributed by atoms with Crippen LogP contribution in [0.1, 0.15) is 22.3 Å². The van der Waals surface area contributed by atoms with Crippen LogP contribution in [0.5, 0.6) is 0 Å². The number of rotatable bonds is 6. The molecule has 0 aliphatic rings.